The number of carbonyl (C=O) groups is 2. The maximum Gasteiger partial charge on any atom is 0.221 e. The largest absolute Gasteiger partial charge is 0.325 e. The predicted molar refractivity (Wildman–Crippen MR) is 178 cm³/mol. The van der Waals surface area contributed by atoms with Gasteiger partial charge in [-0.1, -0.05) is 114 Å². The molecule has 0 saturated heterocycles. The fraction of sp³-hybridized carbons (Fsp3) is 0.316. The molecule has 2 N–H and O–H groups in total. The maximum atomic E-state index is 12.6. The van der Waals surface area contributed by atoms with E-state index in [0.29, 0.717) is 0 Å². The van der Waals surface area contributed by atoms with E-state index in [4.69, 9.17) is 0 Å². The van der Waals surface area contributed by atoms with Crippen molar-refractivity contribution in [1.82, 2.24) is 0 Å². The number of rotatable bonds is 5. The highest BCUT2D eigenvalue weighted by molar-refractivity contribution is 6.08. The van der Waals surface area contributed by atoms with Gasteiger partial charge in [0, 0.05) is 36.1 Å². The fourth-order valence-electron chi connectivity index (χ4n) is 5.45. The second-order valence-electron chi connectivity index (χ2n) is 13.4. The smallest absolute Gasteiger partial charge is 0.221 e. The third-order valence-electron chi connectivity index (χ3n) is 7.80. The van der Waals surface area contributed by atoms with E-state index < -0.39 is 0 Å². The lowest BCUT2D eigenvalue weighted by Gasteiger charge is -2.25. The van der Waals surface area contributed by atoms with E-state index >= 15 is 0 Å². The summed E-state index contributed by atoms with van der Waals surface area (Å²) >= 11 is 0. The molecular formula is C38H44N2O2. The molecule has 0 radical (unpaired) electrons. The lowest BCUT2D eigenvalue weighted by atomic mass is 9.84. The Labute approximate surface area is 251 Å². The van der Waals surface area contributed by atoms with Gasteiger partial charge in [-0.15, -0.1) is 0 Å². The van der Waals surface area contributed by atoms with Gasteiger partial charge < -0.3 is 10.6 Å². The Morgan fingerprint density at radius 3 is 1.07 bits per heavy atom. The highest BCUT2D eigenvalue weighted by Crippen LogP contribution is 2.47. The molecule has 0 aliphatic rings. The van der Waals surface area contributed by atoms with Crippen molar-refractivity contribution in [2.45, 2.75) is 80.1 Å². The van der Waals surface area contributed by atoms with Crippen LogP contribution >= 0.6 is 0 Å². The first-order valence-corrected chi connectivity index (χ1v) is 14.6. The Hall–Kier alpha value is -4.18. The van der Waals surface area contributed by atoms with Crippen molar-refractivity contribution in [2.24, 2.45) is 0 Å². The van der Waals surface area contributed by atoms with Crippen molar-refractivity contribution in [1.29, 1.82) is 0 Å². The van der Waals surface area contributed by atoms with E-state index in [1.54, 1.807) is 0 Å². The average Bonchev–Trinajstić information content (AvgIpc) is 2.89. The van der Waals surface area contributed by atoms with Gasteiger partial charge in [0.1, 0.15) is 0 Å². The maximum absolute atomic E-state index is 12.6. The van der Waals surface area contributed by atoms with E-state index in [1.165, 1.54) is 25.0 Å². The molecule has 0 spiro atoms. The molecule has 0 bridgehead atoms. The van der Waals surface area contributed by atoms with Crippen LogP contribution in [-0.4, -0.2) is 11.8 Å². The van der Waals surface area contributed by atoms with Crippen LogP contribution < -0.4 is 10.6 Å². The SMILES string of the molecule is CC(=O)Nc1c(-c2ccc(C(C)(C)C)cc2)ccc(C)c1-c1c(C)ccc(-c2ccc(C(C)(C)C)cc2)c1NC(C)=O. The summed E-state index contributed by atoms with van der Waals surface area (Å²) in [4.78, 5) is 25.3. The summed E-state index contributed by atoms with van der Waals surface area (Å²) in [5, 5.41) is 6.33. The normalized spacial score (nSPS) is 11.8. The zero-order chi connectivity index (χ0) is 31.0. The van der Waals surface area contributed by atoms with Gasteiger partial charge in [-0.25, -0.2) is 0 Å². The number of benzene rings is 4. The van der Waals surface area contributed by atoms with Crippen LogP contribution in [0.5, 0.6) is 0 Å². The average molecular weight is 561 g/mol. The molecule has 42 heavy (non-hydrogen) atoms. The van der Waals surface area contributed by atoms with Crippen LogP contribution in [0.25, 0.3) is 33.4 Å². The molecule has 0 saturated carbocycles. The zero-order valence-corrected chi connectivity index (χ0v) is 26.7. The Balaban J connectivity index is 2.02. The van der Waals surface area contributed by atoms with Crippen LogP contribution in [0.1, 0.15) is 77.6 Å². The molecule has 218 valence electrons. The first kappa shape index (κ1) is 30.8. The van der Waals surface area contributed by atoms with Gasteiger partial charge >= 0.3 is 0 Å². The molecule has 0 atom stereocenters. The monoisotopic (exact) mass is 560 g/mol. The summed E-state index contributed by atoms with van der Waals surface area (Å²) in [6, 6.07) is 25.4. The molecule has 0 aliphatic carbocycles. The van der Waals surface area contributed by atoms with Crippen molar-refractivity contribution in [3.05, 3.63) is 95.1 Å². The molecule has 0 heterocycles. The van der Waals surface area contributed by atoms with Gasteiger partial charge in [-0.3, -0.25) is 9.59 Å². The second kappa shape index (κ2) is 11.6. The molecule has 0 unspecified atom stereocenters. The molecule has 4 aromatic carbocycles. The lowest BCUT2D eigenvalue weighted by molar-refractivity contribution is -0.115. The summed E-state index contributed by atoms with van der Waals surface area (Å²) in [5.74, 6) is -0.302. The summed E-state index contributed by atoms with van der Waals surface area (Å²) < 4.78 is 0. The minimum absolute atomic E-state index is 0.0350. The number of hydrogen-bond donors (Lipinski definition) is 2. The van der Waals surface area contributed by atoms with E-state index in [0.717, 1.165) is 55.9 Å². The van der Waals surface area contributed by atoms with Crippen LogP contribution in [0, 0.1) is 13.8 Å². The van der Waals surface area contributed by atoms with Crippen molar-refractivity contribution in [3.8, 4) is 33.4 Å². The zero-order valence-electron chi connectivity index (χ0n) is 26.7. The molecule has 0 aromatic heterocycles. The van der Waals surface area contributed by atoms with Gasteiger partial charge in [-0.2, -0.15) is 0 Å². The number of nitrogens with one attached hydrogen (secondary N) is 2. The van der Waals surface area contributed by atoms with Gasteiger partial charge in [0.25, 0.3) is 0 Å². The van der Waals surface area contributed by atoms with E-state index in [2.05, 4.69) is 139 Å². The van der Waals surface area contributed by atoms with E-state index in [9.17, 15) is 9.59 Å². The Morgan fingerprint density at radius 2 is 0.810 bits per heavy atom. The van der Waals surface area contributed by atoms with Crippen molar-refractivity contribution in [2.75, 3.05) is 10.6 Å². The number of anilines is 2. The third kappa shape index (κ3) is 6.49. The van der Waals surface area contributed by atoms with E-state index in [1.807, 2.05) is 0 Å². The summed E-state index contributed by atoms with van der Waals surface area (Å²) in [5.41, 5.74) is 11.7. The molecule has 0 fully saturated rings. The molecular weight excluding hydrogens is 516 g/mol. The minimum Gasteiger partial charge on any atom is -0.325 e. The van der Waals surface area contributed by atoms with Crippen LogP contribution in [0.4, 0.5) is 11.4 Å². The molecule has 4 aromatic rings. The van der Waals surface area contributed by atoms with E-state index in [-0.39, 0.29) is 22.6 Å². The van der Waals surface area contributed by atoms with Crippen LogP contribution in [0.15, 0.2) is 72.8 Å². The Morgan fingerprint density at radius 1 is 0.500 bits per heavy atom. The number of carbonyl (C=O) groups excluding carboxylic acids is 2. The van der Waals surface area contributed by atoms with Crippen molar-refractivity contribution >= 4 is 23.2 Å². The molecule has 0 aliphatic heterocycles. The second-order valence-corrected chi connectivity index (χ2v) is 13.4. The van der Waals surface area contributed by atoms with Gasteiger partial charge in [-0.05, 0) is 58.1 Å². The first-order chi connectivity index (χ1) is 19.6. The number of aryl methyl sites for hydroxylation is 2. The van der Waals surface area contributed by atoms with Gasteiger partial charge in [0.05, 0.1) is 11.4 Å². The van der Waals surface area contributed by atoms with Crippen molar-refractivity contribution < 1.29 is 9.59 Å². The molecule has 4 nitrogen and oxygen atoms in total. The first-order valence-electron chi connectivity index (χ1n) is 14.6. The highest BCUT2D eigenvalue weighted by Gasteiger charge is 2.24. The molecule has 2 amide bonds. The highest BCUT2D eigenvalue weighted by atomic mass is 16.2. The predicted octanol–water partition coefficient (Wildman–Crippen LogP) is 9.82. The van der Waals surface area contributed by atoms with Crippen LogP contribution in [-0.2, 0) is 20.4 Å². The number of hydrogen-bond acceptors (Lipinski definition) is 2. The van der Waals surface area contributed by atoms with Crippen LogP contribution in [0.3, 0.4) is 0 Å². The fourth-order valence-corrected chi connectivity index (χ4v) is 5.45. The van der Waals surface area contributed by atoms with Crippen molar-refractivity contribution in [3.63, 3.8) is 0 Å². The minimum atomic E-state index is -0.151. The summed E-state index contributed by atoms with van der Waals surface area (Å²) in [7, 11) is 0. The molecule has 4 rings (SSSR count). The quantitative estimate of drug-likeness (QED) is 0.255. The van der Waals surface area contributed by atoms with Crippen LogP contribution in [0.2, 0.25) is 0 Å². The standard InChI is InChI=1S/C38H44N2O2/c1-23-11-21-31(27-13-17-29(18-14-27)37(5,6)7)35(39-25(3)41)33(23)34-24(2)12-22-32(36(34)40-26(4)42)28-15-19-30(20-16-28)38(8,9)10/h11-22H,1-10H3,(H,39,41)(H,40,42). The topological polar surface area (TPSA) is 58.2 Å². The van der Waals surface area contributed by atoms with Gasteiger partial charge in [0.15, 0.2) is 0 Å². The molecule has 4 heteroatoms. The lowest BCUT2D eigenvalue weighted by Crippen LogP contribution is -2.13. The summed E-state index contributed by atoms with van der Waals surface area (Å²) in [6.07, 6.45) is 0. The Bertz CT molecular complexity index is 1510. The van der Waals surface area contributed by atoms with Gasteiger partial charge in [0.2, 0.25) is 11.8 Å². The Kier molecular flexibility index (Phi) is 8.50. The number of amides is 2. The summed E-state index contributed by atoms with van der Waals surface area (Å²) in [6.45, 7) is 20.4. The third-order valence-corrected chi connectivity index (χ3v) is 7.80.